The van der Waals surface area contributed by atoms with Crippen LogP contribution in [0.15, 0.2) is 12.2 Å². The lowest BCUT2D eigenvalue weighted by molar-refractivity contribution is -0.314. The van der Waals surface area contributed by atoms with Gasteiger partial charge in [0.25, 0.3) is 0 Å². The fraction of sp³-hybridized carbons (Fsp3) is 0.867. The molecule has 3 aliphatic rings. The molecule has 1 aliphatic carbocycles. The Balaban J connectivity index is 0.000000424. The second kappa shape index (κ2) is 21.4. The maximum atomic E-state index is 11.0. The Morgan fingerprint density at radius 3 is 1.88 bits per heavy atom. The molecular weight excluding hydrogens is 638 g/mol. The standard InChI is InChI=1S/C18H37N5O9.C12H20O4/c19-3-9-8(25)2-7(22)17(29-9)31-15-5(20)1-6(21)16(14(15)28)32-18-13(27)11(23)12(26)10(4-24)30-18;13-11(14)9-7-5-3-1-2-4-6-8-10-12(15)16/h5-18,24-28H,1-4,19-23H2;7,9H,1-6,8,10H2,(H,13,14)(H,15,16)/p-2/b;9-7+/t5-,6+,7+,8-,9+,10+,11-,12+,13+,14-,15+,16-,17+,18+;/m0./s1. The van der Waals surface area contributed by atoms with E-state index in [4.69, 9.17) is 47.6 Å². The quantitative estimate of drug-likeness (QED) is 0.0531. The van der Waals surface area contributed by atoms with E-state index in [0.717, 1.165) is 44.6 Å². The molecule has 0 bridgehead atoms. The molecule has 15 N–H and O–H groups in total. The zero-order valence-corrected chi connectivity index (χ0v) is 27.1. The molecule has 0 amide bonds. The van der Waals surface area contributed by atoms with Crippen molar-refractivity contribution >= 4 is 11.9 Å². The first-order valence-electron chi connectivity index (χ1n) is 16.5. The van der Waals surface area contributed by atoms with Gasteiger partial charge in [-0.25, -0.2) is 0 Å². The summed E-state index contributed by atoms with van der Waals surface area (Å²) in [5, 5.41) is 70.8. The number of hydrogen-bond donors (Lipinski definition) is 10. The first-order chi connectivity index (χ1) is 22.7. The summed E-state index contributed by atoms with van der Waals surface area (Å²) in [6.07, 6.45) is -1.50. The van der Waals surface area contributed by atoms with Crippen LogP contribution in [0.5, 0.6) is 0 Å². The Labute approximate surface area is 280 Å². The van der Waals surface area contributed by atoms with Gasteiger partial charge in [0.15, 0.2) is 12.6 Å². The van der Waals surface area contributed by atoms with E-state index in [1.165, 1.54) is 0 Å². The van der Waals surface area contributed by atoms with E-state index in [1.54, 1.807) is 6.08 Å². The lowest BCUT2D eigenvalue weighted by atomic mass is 9.84. The highest BCUT2D eigenvalue weighted by molar-refractivity contribution is 5.77. The van der Waals surface area contributed by atoms with Crippen LogP contribution < -0.4 is 38.9 Å². The van der Waals surface area contributed by atoms with Gasteiger partial charge in [-0.1, -0.05) is 31.8 Å². The molecule has 14 atom stereocenters. The zero-order valence-electron chi connectivity index (χ0n) is 27.1. The lowest BCUT2D eigenvalue weighted by Crippen LogP contribution is -2.68. The maximum absolute atomic E-state index is 11.0. The number of unbranched alkanes of at least 4 members (excludes halogenated alkanes) is 6. The van der Waals surface area contributed by atoms with E-state index >= 15 is 0 Å². The molecule has 2 heterocycles. The van der Waals surface area contributed by atoms with Gasteiger partial charge in [-0.15, -0.1) is 0 Å². The number of hydrogen-bond acceptors (Lipinski definition) is 18. The number of aliphatic hydroxyl groups excluding tert-OH is 5. The molecule has 0 aromatic rings. The molecule has 18 heteroatoms. The number of nitrogens with two attached hydrogens (primary N) is 5. The second-order valence-electron chi connectivity index (χ2n) is 12.5. The highest BCUT2D eigenvalue weighted by atomic mass is 16.7. The lowest BCUT2D eigenvalue weighted by Gasteiger charge is -2.47. The summed E-state index contributed by atoms with van der Waals surface area (Å²) >= 11 is 0. The van der Waals surface area contributed by atoms with Crippen LogP contribution in [-0.2, 0) is 28.5 Å². The fourth-order valence-electron chi connectivity index (χ4n) is 5.85. The summed E-state index contributed by atoms with van der Waals surface area (Å²) < 4.78 is 22.7. The topological polar surface area (TPSA) is 348 Å². The van der Waals surface area contributed by atoms with Crippen molar-refractivity contribution < 1.29 is 64.3 Å². The minimum absolute atomic E-state index is 0.0542. The molecule has 2 saturated heterocycles. The van der Waals surface area contributed by atoms with Crippen molar-refractivity contribution in [2.24, 2.45) is 28.7 Å². The van der Waals surface area contributed by atoms with Gasteiger partial charge in [0.2, 0.25) is 0 Å². The molecule has 280 valence electrons. The predicted molar refractivity (Wildman–Crippen MR) is 164 cm³/mol. The Morgan fingerprint density at radius 2 is 1.31 bits per heavy atom. The molecule has 3 fully saturated rings. The van der Waals surface area contributed by atoms with E-state index < -0.39 is 104 Å². The number of aliphatic hydroxyl groups is 5. The molecule has 48 heavy (non-hydrogen) atoms. The van der Waals surface area contributed by atoms with Gasteiger partial charge < -0.3 is 93.0 Å². The predicted octanol–water partition coefficient (Wildman–Crippen LogP) is -6.13. The molecule has 3 rings (SSSR count). The number of ether oxygens (including phenoxy) is 4. The van der Waals surface area contributed by atoms with Crippen LogP contribution >= 0.6 is 0 Å². The highest BCUT2D eigenvalue weighted by Crippen LogP contribution is 2.30. The van der Waals surface area contributed by atoms with Crippen molar-refractivity contribution in [3.8, 4) is 0 Å². The molecule has 0 aromatic carbocycles. The molecule has 18 nitrogen and oxygen atoms in total. The molecule has 0 unspecified atom stereocenters. The summed E-state index contributed by atoms with van der Waals surface area (Å²) in [6, 6.07) is -3.27. The van der Waals surface area contributed by atoms with Gasteiger partial charge in [0.1, 0.15) is 36.6 Å². The largest absolute Gasteiger partial charge is 0.550 e. The molecule has 0 radical (unpaired) electrons. The zero-order chi connectivity index (χ0) is 36.0. The Hall–Kier alpha value is -1.88. The number of aliphatic carboxylic acids is 2. The summed E-state index contributed by atoms with van der Waals surface area (Å²) in [7, 11) is 0. The van der Waals surface area contributed by atoms with Crippen molar-refractivity contribution in [3.05, 3.63) is 12.2 Å². The molecule has 0 spiro atoms. The molecule has 0 aromatic heterocycles. The van der Waals surface area contributed by atoms with E-state index in [0.29, 0.717) is 6.42 Å². The third-order valence-corrected chi connectivity index (χ3v) is 8.67. The van der Waals surface area contributed by atoms with Crippen LogP contribution in [0.4, 0.5) is 0 Å². The number of rotatable bonds is 16. The second-order valence-corrected chi connectivity index (χ2v) is 12.5. The molecular formula is C30H55N5O13-2. The number of carboxylic acid groups (broad SMARTS) is 2. The Kier molecular flexibility index (Phi) is 18.8. The van der Waals surface area contributed by atoms with E-state index in [-0.39, 0.29) is 25.8 Å². The summed E-state index contributed by atoms with van der Waals surface area (Å²) in [5.74, 6) is -2.13. The Morgan fingerprint density at radius 1 is 0.750 bits per heavy atom. The van der Waals surface area contributed by atoms with Crippen LogP contribution in [-0.4, -0.2) is 136 Å². The normalized spacial score (nSPS) is 38.7. The maximum Gasteiger partial charge on any atom is 0.186 e. The minimum atomic E-state index is -1.44. The fourth-order valence-corrected chi connectivity index (χ4v) is 5.85. The van der Waals surface area contributed by atoms with Gasteiger partial charge in [-0.05, 0) is 44.6 Å². The smallest absolute Gasteiger partial charge is 0.186 e. The van der Waals surface area contributed by atoms with Crippen LogP contribution in [0.25, 0.3) is 0 Å². The number of carbonyl (C=O) groups is 2. The van der Waals surface area contributed by atoms with Crippen molar-refractivity contribution in [3.63, 3.8) is 0 Å². The first kappa shape index (κ1) is 42.3. The summed E-state index contributed by atoms with van der Waals surface area (Å²) in [6.45, 7) is -0.499. The van der Waals surface area contributed by atoms with Gasteiger partial charge in [0.05, 0.1) is 36.9 Å². The Bertz CT molecular complexity index is 981. The van der Waals surface area contributed by atoms with Crippen molar-refractivity contribution in [1.82, 2.24) is 0 Å². The van der Waals surface area contributed by atoms with Crippen LogP contribution in [0.1, 0.15) is 64.2 Å². The SMILES string of the molecule is NC[C@H]1O[C@H](O[C@H]2[C@H](O)[C@@H](O[C@H]3O[C@H](CO)[C@@H](O)[C@H](N)[C@H]3O)[C@H](N)C[C@@H]2N)[C@H](N)C[C@@H]1O.O=C([O-])/C=C/CCCCCCCCC(=O)[O-]. The van der Waals surface area contributed by atoms with E-state index in [9.17, 15) is 45.3 Å². The van der Waals surface area contributed by atoms with Crippen molar-refractivity contribution in [2.45, 2.75) is 150 Å². The summed E-state index contributed by atoms with van der Waals surface area (Å²) in [4.78, 5) is 20.1. The van der Waals surface area contributed by atoms with Crippen LogP contribution in [0, 0.1) is 0 Å². The monoisotopic (exact) mass is 693 g/mol. The first-order valence-corrected chi connectivity index (χ1v) is 16.5. The van der Waals surface area contributed by atoms with Gasteiger partial charge in [-0.2, -0.15) is 0 Å². The number of carboxylic acids is 2. The minimum Gasteiger partial charge on any atom is -0.550 e. The van der Waals surface area contributed by atoms with Crippen molar-refractivity contribution in [1.29, 1.82) is 0 Å². The number of carbonyl (C=O) groups excluding carboxylic acids is 2. The molecule has 2 aliphatic heterocycles. The van der Waals surface area contributed by atoms with Gasteiger partial charge in [-0.3, -0.25) is 0 Å². The summed E-state index contributed by atoms with van der Waals surface area (Å²) in [5.41, 5.74) is 29.8. The average molecular weight is 694 g/mol. The van der Waals surface area contributed by atoms with E-state index in [2.05, 4.69) is 0 Å². The van der Waals surface area contributed by atoms with E-state index in [1.807, 2.05) is 0 Å². The molecule has 1 saturated carbocycles. The van der Waals surface area contributed by atoms with Crippen LogP contribution in [0.2, 0.25) is 0 Å². The van der Waals surface area contributed by atoms with Crippen LogP contribution in [0.3, 0.4) is 0 Å². The third kappa shape index (κ3) is 13.1. The van der Waals surface area contributed by atoms with Gasteiger partial charge >= 0.3 is 0 Å². The van der Waals surface area contributed by atoms with Gasteiger partial charge in [0, 0.05) is 24.6 Å². The third-order valence-electron chi connectivity index (χ3n) is 8.67. The van der Waals surface area contributed by atoms with Crippen molar-refractivity contribution in [2.75, 3.05) is 13.2 Å². The average Bonchev–Trinajstić information content (AvgIpc) is 3.03. The highest BCUT2D eigenvalue weighted by Gasteiger charge is 2.50. The number of allylic oxidation sites excluding steroid dienone is 1.